The minimum atomic E-state index is -4.66. The molecule has 5 aromatic rings. The smallest absolute Gasteiger partial charge is 0.337 e. The lowest BCUT2D eigenvalue weighted by atomic mass is 10.2. The summed E-state index contributed by atoms with van der Waals surface area (Å²) in [6.07, 6.45) is -3.20. The molecule has 15 heteroatoms. The van der Waals surface area contributed by atoms with E-state index in [0.717, 1.165) is 21.3 Å². The van der Waals surface area contributed by atoms with Crippen molar-refractivity contribution in [2.24, 2.45) is 0 Å². The van der Waals surface area contributed by atoms with Gasteiger partial charge in [0.2, 0.25) is 11.7 Å². The number of nitrogens with zero attached hydrogens (tertiary/aromatic N) is 8. The number of benzene rings is 2. The van der Waals surface area contributed by atoms with Gasteiger partial charge in [0.1, 0.15) is 18.3 Å². The van der Waals surface area contributed by atoms with Gasteiger partial charge in [0.05, 0.1) is 62.2 Å². The van der Waals surface area contributed by atoms with Crippen molar-refractivity contribution in [2.45, 2.75) is 32.6 Å². The highest BCUT2D eigenvalue weighted by molar-refractivity contribution is 5.83. The Labute approximate surface area is 255 Å². The fourth-order valence-corrected chi connectivity index (χ4v) is 4.82. The molecule has 3 heterocycles. The van der Waals surface area contributed by atoms with E-state index in [2.05, 4.69) is 25.4 Å². The molecule has 0 saturated heterocycles. The van der Waals surface area contributed by atoms with Gasteiger partial charge in [-0.15, -0.1) is 0 Å². The molecule has 0 spiro atoms. The zero-order valence-corrected chi connectivity index (χ0v) is 25.0. The fraction of sp³-hybridized carbons (Fsp3) is 0.267. The molecule has 0 aliphatic carbocycles. The van der Waals surface area contributed by atoms with Crippen LogP contribution >= 0.6 is 0 Å². The molecule has 0 radical (unpaired) electrons. The third-order valence-electron chi connectivity index (χ3n) is 6.84. The van der Waals surface area contributed by atoms with Gasteiger partial charge in [-0.05, 0) is 50.2 Å². The number of amides is 1. The van der Waals surface area contributed by atoms with Gasteiger partial charge in [0.15, 0.2) is 5.69 Å². The summed E-state index contributed by atoms with van der Waals surface area (Å²) in [7, 11) is 5.86. The highest BCUT2D eigenvalue weighted by Gasteiger charge is 2.32. The average molecular weight is 621 g/mol. The monoisotopic (exact) mass is 620 g/mol. The zero-order chi connectivity index (χ0) is 32.7. The summed E-state index contributed by atoms with van der Waals surface area (Å²) in [5.41, 5.74) is -0.440. The van der Waals surface area contributed by atoms with E-state index in [-0.39, 0.29) is 23.0 Å². The molecule has 0 aliphatic heterocycles. The molecule has 232 valence electrons. The Balaban J connectivity index is 1.63. The number of carbonyl (C=O) groups is 1. The lowest BCUT2D eigenvalue weighted by Gasteiger charge is -2.21. The van der Waals surface area contributed by atoms with Crippen LogP contribution in [0.5, 0.6) is 0 Å². The number of alkyl halides is 3. The van der Waals surface area contributed by atoms with Crippen LogP contribution in [0.4, 0.5) is 23.7 Å². The van der Waals surface area contributed by atoms with Crippen molar-refractivity contribution in [3.63, 3.8) is 0 Å². The molecule has 0 saturated carbocycles. The van der Waals surface area contributed by atoms with Gasteiger partial charge in [-0.1, -0.05) is 23.4 Å². The first kappa shape index (κ1) is 31.0. The molecular formula is C30H29F3N9O3+. The number of nitrogens with one attached hydrogen (secondary N) is 1. The Morgan fingerprint density at radius 1 is 1.11 bits per heavy atom. The van der Waals surface area contributed by atoms with Crippen LogP contribution in [0.25, 0.3) is 27.6 Å². The second-order valence-electron chi connectivity index (χ2n) is 11.4. The van der Waals surface area contributed by atoms with E-state index in [9.17, 15) is 22.8 Å². The molecule has 2 aromatic carbocycles. The Morgan fingerprint density at radius 3 is 2.47 bits per heavy atom. The Morgan fingerprint density at radius 2 is 1.82 bits per heavy atom. The van der Waals surface area contributed by atoms with Crippen LogP contribution in [0.2, 0.25) is 0 Å². The van der Waals surface area contributed by atoms with E-state index < -0.39 is 29.5 Å². The summed E-state index contributed by atoms with van der Waals surface area (Å²) >= 11 is 0. The minimum absolute atomic E-state index is 0.0810. The second kappa shape index (κ2) is 11.5. The summed E-state index contributed by atoms with van der Waals surface area (Å²) in [6, 6.07) is 10.6. The van der Waals surface area contributed by atoms with E-state index in [0.29, 0.717) is 33.9 Å². The molecule has 1 N–H and O–H groups in total. The van der Waals surface area contributed by atoms with Crippen molar-refractivity contribution in [3.8, 4) is 22.8 Å². The normalized spacial score (nSPS) is 12.6. The predicted octanol–water partition coefficient (Wildman–Crippen LogP) is 5.28. The Kier molecular flexibility index (Phi) is 7.94. The fourth-order valence-electron chi connectivity index (χ4n) is 4.82. The minimum Gasteiger partial charge on any atom is -0.337 e. The van der Waals surface area contributed by atoms with Crippen LogP contribution in [-0.4, -0.2) is 60.7 Å². The van der Waals surface area contributed by atoms with E-state index in [1.807, 2.05) is 21.1 Å². The molecule has 0 aliphatic rings. The third-order valence-corrected chi connectivity index (χ3v) is 6.84. The van der Waals surface area contributed by atoms with Crippen LogP contribution in [0.1, 0.15) is 35.9 Å². The van der Waals surface area contributed by atoms with Gasteiger partial charge in [-0.2, -0.15) is 23.3 Å². The SMILES string of the molecule is [C-]#[N+]c1ccc(-n2nccc2-c2c(C)n(-c3cccc(C(F)(F)F)c3)c(=O)n2C(=O)N[C@@H](C)c2nc(C[N+](C)(C)C)no2)cc1. The van der Waals surface area contributed by atoms with Gasteiger partial charge in [-0.3, -0.25) is 4.57 Å². The first-order valence-electron chi connectivity index (χ1n) is 13.7. The van der Waals surface area contributed by atoms with Crippen LogP contribution in [0.15, 0.2) is 70.1 Å². The van der Waals surface area contributed by atoms with Crippen LogP contribution in [-0.2, 0) is 12.7 Å². The molecule has 1 atom stereocenters. The molecular weight excluding hydrogens is 591 g/mol. The quantitative estimate of drug-likeness (QED) is 0.196. The van der Waals surface area contributed by atoms with Crippen molar-refractivity contribution in [3.05, 3.63) is 106 Å². The Hall–Kier alpha value is -5.49. The standard InChI is InChI=1S/C30H28F3N9O3/c1-18(27-37-25(38-45-27)17-42(4,5)6)36-28(43)40-26(24-14-15-35-41(24)22-12-10-21(34-3)11-13-22)19(2)39(29(40)44)23-9-7-8-20(16-23)30(31,32)33/h7-16,18H,17H2,1-2,4-6H3/p+1/t18-/m0/s1. The lowest BCUT2D eigenvalue weighted by molar-refractivity contribution is -0.884. The first-order chi connectivity index (χ1) is 21.2. The highest BCUT2D eigenvalue weighted by Crippen LogP contribution is 2.32. The van der Waals surface area contributed by atoms with Gasteiger partial charge in [-0.25, -0.2) is 23.7 Å². The van der Waals surface area contributed by atoms with Crippen molar-refractivity contribution in [1.82, 2.24) is 34.4 Å². The number of rotatable bonds is 7. The van der Waals surface area contributed by atoms with Gasteiger partial charge >= 0.3 is 17.9 Å². The predicted molar refractivity (Wildman–Crippen MR) is 157 cm³/mol. The summed E-state index contributed by atoms with van der Waals surface area (Å²) < 4.78 is 50.1. The van der Waals surface area contributed by atoms with E-state index in [1.165, 1.54) is 29.9 Å². The zero-order valence-electron chi connectivity index (χ0n) is 25.0. The molecule has 0 bridgehead atoms. The lowest BCUT2D eigenvalue weighted by Crippen LogP contribution is -2.38. The maximum Gasteiger partial charge on any atom is 0.416 e. The van der Waals surface area contributed by atoms with Gasteiger partial charge in [0, 0.05) is 0 Å². The van der Waals surface area contributed by atoms with Gasteiger partial charge in [0.25, 0.3) is 0 Å². The number of imidazole rings is 1. The maximum atomic E-state index is 14.0. The third kappa shape index (κ3) is 6.27. The largest absolute Gasteiger partial charge is 0.416 e. The highest BCUT2D eigenvalue weighted by atomic mass is 19.4. The second-order valence-corrected chi connectivity index (χ2v) is 11.4. The number of carbonyl (C=O) groups excluding carboxylic acids is 1. The summed E-state index contributed by atoms with van der Waals surface area (Å²) in [5.74, 6) is 0.538. The summed E-state index contributed by atoms with van der Waals surface area (Å²) in [5, 5.41) is 11.0. The van der Waals surface area contributed by atoms with E-state index >= 15 is 0 Å². The molecule has 0 unspecified atom stereocenters. The molecule has 3 aromatic heterocycles. The average Bonchev–Trinajstić information content (AvgIpc) is 3.69. The van der Waals surface area contributed by atoms with E-state index in [1.54, 1.807) is 37.3 Å². The number of aromatic nitrogens is 6. The molecule has 5 rings (SSSR count). The topological polar surface area (TPSA) is 117 Å². The van der Waals surface area contributed by atoms with Crippen molar-refractivity contribution in [2.75, 3.05) is 21.1 Å². The van der Waals surface area contributed by atoms with E-state index in [4.69, 9.17) is 11.1 Å². The number of quaternary nitrogens is 1. The summed E-state index contributed by atoms with van der Waals surface area (Å²) in [6.45, 7) is 10.8. The maximum absolute atomic E-state index is 14.0. The number of hydrogen-bond acceptors (Lipinski definition) is 6. The van der Waals surface area contributed by atoms with Crippen LogP contribution in [0.3, 0.4) is 0 Å². The summed E-state index contributed by atoms with van der Waals surface area (Å²) in [4.78, 5) is 35.6. The molecule has 0 fully saturated rings. The molecule has 12 nitrogen and oxygen atoms in total. The van der Waals surface area contributed by atoms with Crippen molar-refractivity contribution in [1.29, 1.82) is 0 Å². The van der Waals surface area contributed by atoms with Crippen molar-refractivity contribution < 1.29 is 27.0 Å². The Bertz CT molecular complexity index is 1970. The molecule has 1 amide bonds. The first-order valence-corrected chi connectivity index (χ1v) is 13.7. The number of halogens is 3. The van der Waals surface area contributed by atoms with Crippen LogP contribution < -0.4 is 11.0 Å². The van der Waals surface area contributed by atoms with Crippen LogP contribution in [0, 0.1) is 13.5 Å². The van der Waals surface area contributed by atoms with Gasteiger partial charge < -0.3 is 14.3 Å². The number of hydrogen-bond donors (Lipinski definition) is 1. The molecule has 45 heavy (non-hydrogen) atoms. The van der Waals surface area contributed by atoms with Crippen molar-refractivity contribution >= 4 is 11.7 Å².